The fourth-order valence-electron chi connectivity index (χ4n) is 6.23. The number of hydrogen-bond acceptors (Lipinski definition) is 8. The van der Waals surface area contributed by atoms with E-state index in [1.165, 1.54) is 6.33 Å². The Morgan fingerprint density at radius 2 is 1.82 bits per heavy atom. The maximum Gasteiger partial charge on any atom is 0.264 e. The van der Waals surface area contributed by atoms with Crippen molar-refractivity contribution >= 4 is 22.8 Å². The standard InChI is InChI=1S/C34H37N7O3/c1-34(2,40-15-17-43-18-16-40)19-25(20-35)33(42)41-14-6-7-26(41)21-39-22-29(30-31(36)37-23-38-32(30)39)24-10-12-28(13-11-24)44-27-8-4-3-5-9-27/h3-5,8-13,19,22-23,26H,6-7,14-18,21H2,1-2H3,(H2,36,37,38)/t26-/m1/s1. The molecular weight excluding hydrogens is 554 g/mol. The monoisotopic (exact) mass is 591 g/mol. The first-order valence-corrected chi connectivity index (χ1v) is 15.0. The SMILES string of the molecule is CC(C)(C=C(C#N)C(=O)N1CCC[C@@H]1Cn1cc(-c2ccc(Oc3ccccc3)cc2)c2c(N)ncnc21)N1CCOCC1. The Morgan fingerprint density at radius 3 is 2.55 bits per heavy atom. The molecule has 2 aliphatic heterocycles. The molecule has 4 heterocycles. The van der Waals surface area contributed by atoms with E-state index in [0.717, 1.165) is 53.9 Å². The number of fused-ring (bicyclic) bond motifs is 1. The van der Waals surface area contributed by atoms with Crippen molar-refractivity contribution in [1.82, 2.24) is 24.3 Å². The molecule has 1 amide bonds. The van der Waals surface area contributed by atoms with Crippen molar-refractivity contribution in [2.24, 2.45) is 0 Å². The molecule has 6 rings (SSSR count). The Kier molecular flexibility index (Phi) is 8.33. The van der Waals surface area contributed by atoms with Crippen LogP contribution < -0.4 is 10.5 Å². The second kappa shape index (κ2) is 12.5. The smallest absolute Gasteiger partial charge is 0.264 e. The van der Waals surface area contributed by atoms with Crippen LogP contribution in [0.4, 0.5) is 5.82 Å². The minimum atomic E-state index is -0.443. The van der Waals surface area contributed by atoms with Crippen molar-refractivity contribution in [2.45, 2.75) is 44.8 Å². The van der Waals surface area contributed by atoms with E-state index in [1.807, 2.05) is 85.6 Å². The van der Waals surface area contributed by atoms with E-state index in [2.05, 4.69) is 25.5 Å². The molecular formula is C34H37N7O3. The highest BCUT2D eigenvalue weighted by molar-refractivity contribution is 6.01. The third-order valence-electron chi connectivity index (χ3n) is 8.55. The Balaban J connectivity index is 1.25. The Labute approximate surface area is 257 Å². The van der Waals surface area contributed by atoms with Gasteiger partial charge in [0.15, 0.2) is 0 Å². The average molecular weight is 592 g/mol. The van der Waals surface area contributed by atoms with Crippen LogP contribution in [0.2, 0.25) is 0 Å². The van der Waals surface area contributed by atoms with Crippen LogP contribution in [0.25, 0.3) is 22.2 Å². The summed E-state index contributed by atoms with van der Waals surface area (Å²) in [5.74, 6) is 1.67. The number of nitrogen functional groups attached to an aromatic ring is 1. The van der Waals surface area contributed by atoms with Crippen LogP contribution in [0.3, 0.4) is 0 Å². The molecule has 44 heavy (non-hydrogen) atoms. The molecule has 2 fully saturated rings. The molecule has 2 aliphatic rings. The molecule has 2 aromatic heterocycles. The van der Waals surface area contributed by atoms with Crippen molar-refractivity contribution in [3.05, 3.63) is 78.8 Å². The fourth-order valence-corrected chi connectivity index (χ4v) is 6.23. The molecule has 0 bridgehead atoms. The van der Waals surface area contributed by atoms with Crippen LogP contribution in [0.5, 0.6) is 11.5 Å². The number of hydrogen-bond donors (Lipinski definition) is 1. The number of ether oxygens (including phenoxy) is 2. The third-order valence-corrected chi connectivity index (χ3v) is 8.55. The molecule has 2 saturated heterocycles. The van der Waals surface area contributed by atoms with Crippen LogP contribution in [-0.2, 0) is 16.1 Å². The first-order chi connectivity index (χ1) is 21.3. The van der Waals surface area contributed by atoms with Gasteiger partial charge >= 0.3 is 0 Å². The lowest BCUT2D eigenvalue weighted by molar-refractivity contribution is -0.127. The van der Waals surface area contributed by atoms with Gasteiger partial charge in [-0.3, -0.25) is 9.69 Å². The molecule has 0 saturated carbocycles. The molecule has 2 N–H and O–H groups in total. The second-order valence-electron chi connectivity index (χ2n) is 11.8. The molecule has 10 nitrogen and oxygen atoms in total. The zero-order valence-electron chi connectivity index (χ0n) is 25.1. The van der Waals surface area contributed by atoms with Crippen LogP contribution in [-0.4, -0.2) is 74.7 Å². The zero-order valence-corrected chi connectivity index (χ0v) is 25.1. The molecule has 0 radical (unpaired) electrons. The van der Waals surface area contributed by atoms with Crippen molar-refractivity contribution in [1.29, 1.82) is 5.26 Å². The quantitative estimate of drug-likeness (QED) is 0.224. The van der Waals surface area contributed by atoms with Crippen LogP contribution in [0, 0.1) is 11.3 Å². The predicted molar refractivity (Wildman–Crippen MR) is 169 cm³/mol. The maximum absolute atomic E-state index is 13.8. The Morgan fingerprint density at radius 1 is 1.09 bits per heavy atom. The highest BCUT2D eigenvalue weighted by atomic mass is 16.5. The number of nitrogens with two attached hydrogens (primary N) is 1. The molecule has 0 spiro atoms. The number of rotatable bonds is 8. The fraction of sp³-hybridized carbons (Fsp3) is 0.353. The van der Waals surface area contributed by atoms with Gasteiger partial charge in [-0.1, -0.05) is 30.3 Å². The first kappa shape index (κ1) is 29.4. The van der Waals surface area contributed by atoms with E-state index < -0.39 is 5.54 Å². The number of nitriles is 1. The number of para-hydroxylation sites is 1. The van der Waals surface area contributed by atoms with Gasteiger partial charge in [-0.15, -0.1) is 0 Å². The molecule has 4 aromatic rings. The number of nitrogens with zero attached hydrogens (tertiary/aromatic N) is 6. The average Bonchev–Trinajstić information content (AvgIpc) is 3.66. The van der Waals surface area contributed by atoms with Gasteiger partial charge < -0.3 is 24.7 Å². The van der Waals surface area contributed by atoms with E-state index in [4.69, 9.17) is 15.2 Å². The minimum Gasteiger partial charge on any atom is -0.457 e. The summed E-state index contributed by atoms with van der Waals surface area (Å²) in [5, 5.41) is 10.8. The van der Waals surface area contributed by atoms with E-state index in [1.54, 1.807) is 0 Å². The Hall–Kier alpha value is -4.72. The molecule has 1 atom stereocenters. The van der Waals surface area contributed by atoms with Gasteiger partial charge in [0.05, 0.1) is 24.6 Å². The van der Waals surface area contributed by atoms with E-state index in [-0.39, 0.29) is 17.5 Å². The summed E-state index contributed by atoms with van der Waals surface area (Å²) >= 11 is 0. The third kappa shape index (κ3) is 6.02. The Bertz CT molecular complexity index is 1700. The molecule has 0 unspecified atom stereocenters. The van der Waals surface area contributed by atoms with Crippen molar-refractivity contribution < 1.29 is 14.3 Å². The summed E-state index contributed by atoms with van der Waals surface area (Å²) in [4.78, 5) is 26.7. The minimum absolute atomic E-state index is 0.0907. The van der Waals surface area contributed by atoms with E-state index in [9.17, 15) is 10.1 Å². The zero-order chi connectivity index (χ0) is 30.7. The predicted octanol–water partition coefficient (Wildman–Crippen LogP) is 5.02. The van der Waals surface area contributed by atoms with Gasteiger partial charge in [0, 0.05) is 43.5 Å². The lowest BCUT2D eigenvalue weighted by Crippen LogP contribution is -2.49. The summed E-state index contributed by atoms with van der Waals surface area (Å²) in [7, 11) is 0. The van der Waals surface area contributed by atoms with Crippen LogP contribution >= 0.6 is 0 Å². The van der Waals surface area contributed by atoms with Crippen LogP contribution in [0.1, 0.15) is 26.7 Å². The molecule has 226 valence electrons. The van der Waals surface area contributed by atoms with Gasteiger partial charge in [0.1, 0.15) is 40.9 Å². The van der Waals surface area contributed by atoms with E-state index >= 15 is 0 Å². The van der Waals surface area contributed by atoms with Gasteiger partial charge in [-0.05, 0) is 62.6 Å². The summed E-state index contributed by atoms with van der Waals surface area (Å²) in [6, 6.07) is 19.6. The molecule has 10 heteroatoms. The van der Waals surface area contributed by atoms with Gasteiger partial charge in [0.2, 0.25) is 0 Å². The lowest BCUT2D eigenvalue weighted by Gasteiger charge is -2.39. The number of morpholine rings is 1. The summed E-state index contributed by atoms with van der Waals surface area (Å²) in [5.41, 5.74) is 8.70. The number of likely N-dealkylation sites (tertiary alicyclic amines) is 1. The number of aromatic nitrogens is 3. The van der Waals surface area contributed by atoms with Crippen molar-refractivity contribution in [3.63, 3.8) is 0 Å². The van der Waals surface area contributed by atoms with Crippen molar-refractivity contribution in [3.8, 4) is 28.7 Å². The molecule has 2 aromatic carbocycles. The highest BCUT2D eigenvalue weighted by Crippen LogP contribution is 2.35. The highest BCUT2D eigenvalue weighted by Gasteiger charge is 2.34. The van der Waals surface area contributed by atoms with Crippen molar-refractivity contribution in [2.75, 3.05) is 38.6 Å². The largest absolute Gasteiger partial charge is 0.457 e. The summed E-state index contributed by atoms with van der Waals surface area (Å²) < 4.78 is 13.5. The normalized spacial score (nSPS) is 18.0. The maximum atomic E-state index is 13.8. The number of carbonyl (C=O) groups is 1. The number of carbonyl (C=O) groups excluding carboxylic acids is 1. The van der Waals surface area contributed by atoms with Gasteiger partial charge in [-0.2, -0.15) is 5.26 Å². The lowest BCUT2D eigenvalue weighted by atomic mass is 9.97. The number of anilines is 1. The number of amides is 1. The van der Waals surface area contributed by atoms with E-state index in [0.29, 0.717) is 37.8 Å². The summed E-state index contributed by atoms with van der Waals surface area (Å²) in [6.45, 7) is 8.04. The van der Waals surface area contributed by atoms with Gasteiger partial charge in [0.25, 0.3) is 5.91 Å². The second-order valence-corrected chi connectivity index (χ2v) is 11.8. The summed E-state index contributed by atoms with van der Waals surface area (Å²) in [6.07, 6.45) is 7.02. The topological polar surface area (TPSA) is 123 Å². The first-order valence-electron chi connectivity index (χ1n) is 15.0. The number of benzene rings is 2. The molecule has 0 aliphatic carbocycles. The van der Waals surface area contributed by atoms with Gasteiger partial charge in [-0.25, -0.2) is 9.97 Å². The van der Waals surface area contributed by atoms with Crippen LogP contribution in [0.15, 0.2) is 78.8 Å².